The molecule has 1 aromatic heterocycles. The van der Waals surface area contributed by atoms with Crippen LogP contribution in [-0.4, -0.2) is 21.7 Å². The predicted octanol–water partition coefficient (Wildman–Crippen LogP) is 2.95. The summed E-state index contributed by atoms with van der Waals surface area (Å²) in [6.45, 7) is 0.831. The molecule has 1 amide bonds. The summed E-state index contributed by atoms with van der Waals surface area (Å²) in [4.78, 5) is 12.2. The van der Waals surface area contributed by atoms with E-state index in [1.165, 1.54) is 5.56 Å². The Bertz CT molecular complexity index is 667. The highest BCUT2D eigenvalue weighted by molar-refractivity contribution is 9.10. The van der Waals surface area contributed by atoms with Crippen LogP contribution in [0.25, 0.3) is 0 Å². The Hall–Kier alpha value is -1.66. The standard InChI is InChI=1S/C17H21BrN4O/c18-14-10-20-22(11-14)8-7-12-1-5-16(6-2-12)21-17(23)13-3-4-15(19)9-13/h1-2,5-6,10-11,13,15H,3-4,7-9,19H2,(H,21,23). The maximum Gasteiger partial charge on any atom is 0.227 e. The van der Waals surface area contributed by atoms with E-state index in [1.807, 2.05) is 23.0 Å². The van der Waals surface area contributed by atoms with E-state index >= 15 is 0 Å². The number of nitrogens with two attached hydrogens (primary N) is 1. The number of benzene rings is 1. The zero-order valence-corrected chi connectivity index (χ0v) is 14.5. The van der Waals surface area contributed by atoms with Gasteiger partial charge in [0.1, 0.15) is 0 Å². The minimum absolute atomic E-state index is 0.0583. The zero-order valence-electron chi connectivity index (χ0n) is 12.9. The van der Waals surface area contributed by atoms with Crippen LogP contribution in [0.5, 0.6) is 0 Å². The van der Waals surface area contributed by atoms with Crippen LogP contribution >= 0.6 is 15.9 Å². The molecule has 0 spiro atoms. The lowest BCUT2D eigenvalue weighted by molar-refractivity contribution is -0.119. The van der Waals surface area contributed by atoms with Crippen molar-refractivity contribution in [1.82, 2.24) is 9.78 Å². The Balaban J connectivity index is 1.51. The Kier molecular flexibility index (Phi) is 5.13. The number of aryl methyl sites for hydroxylation is 2. The molecule has 0 saturated heterocycles. The van der Waals surface area contributed by atoms with Gasteiger partial charge in [-0.2, -0.15) is 5.10 Å². The molecular formula is C17H21BrN4O. The molecule has 1 fully saturated rings. The second-order valence-electron chi connectivity index (χ2n) is 6.13. The number of amides is 1. The molecule has 2 atom stereocenters. The van der Waals surface area contributed by atoms with Crippen LogP contribution in [0.3, 0.4) is 0 Å². The maximum absolute atomic E-state index is 12.2. The van der Waals surface area contributed by atoms with E-state index < -0.39 is 0 Å². The van der Waals surface area contributed by atoms with E-state index in [-0.39, 0.29) is 17.9 Å². The third-order valence-corrected chi connectivity index (χ3v) is 4.71. The molecule has 1 aromatic carbocycles. The number of halogens is 1. The highest BCUT2D eigenvalue weighted by Crippen LogP contribution is 2.25. The van der Waals surface area contributed by atoms with Crippen molar-refractivity contribution < 1.29 is 4.79 Å². The maximum atomic E-state index is 12.2. The largest absolute Gasteiger partial charge is 0.328 e. The van der Waals surface area contributed by atoms with Crippen LogP contribution in [-0.2, 0) is 17.8 Å². The fraction of sp³-hybridized carbons (Fsp3) is 0.412. The third kappa shape index (κ3) is 4.42. The lowest BCUT2D eigenvalue weighted by Crippen LogP contribution is -2.23. The fourth-order valence-corrected chi connectivity index (χ4v) is 3.29. The molecule has 2 aromatic rings. The fourth-order valence-electron chi connectivity index (χ4n) is 2.96. The topological polar surface area (TPSA) is 72.9 Å². The van der Waals surface area contributed by atoms with Gasteiger partial charge in [-0.1, -0.05) is 12.1 Å². The molecule has 2 unspecified atom stereocenters. The number of rotatable bonds is 5. The first kappa shape index (κ1) is 16.2. The van der Waals surface area contributed by atoms with Crippen LogP contribution in [0.15, 0.2) is 41.1 Å². The molecule has 0 radical (unpaired) electrons. The SMILES string of the molecule is NC1CCC(C(=O)Nc2ccc(CCn3cc(Br)cn3)cc2)C1. The Labute approximate surface area is 144 Å². The van der Waals surface area contributed by atoms with Gasteiger partial charge in [0.05, 0.1) is 10.7 Å². The van der Waals surface area contributed by atoms with Gasteiger partial charge in [0, 0.05) is 30.4 Å². The average molecular weight is 377 g/mol. The van der Waals surface area contributed by atoms with Gasteiger partial charge < -0.3 is 11.1 Å². The minimum Gasteiger partial charge on any atom is -0.328 e. The van der Waals surface area contributed by atoms with E-state index in [4.69, 9.17) is 5.73 Å². The van der Waals surface area contributed by atoms with Gasteiger partial charge in [-0.05, 0) is 59.3 Å². The van der Waals surface area contributed by atoms with Gasteiger partial charge in [0.15, 0.2) is 0 Å². The Morgan fingerprint density at radius 2 is 2.13 bits per heavy atom. The van der Waals surface area contributed by atoms with Gasteiger partial charge in [-0.15, -0.1) is 0 Å². The quantitative estimate of drug-likeness (QED) is 0.842. The van der Waals surface area contributed by atoms with Crippen molar-refractivity contribution in [1.29, 1.82) is 0 Å². The van der Waals surface area contributed by atoms with Crippen molar-refractivity contribution in [3.63, 3.8) is 0 Å². The summed E-state index contributed by atoms with van der Waals surface area (Å²) in [5.74, 6) is 0.148. The number of aromatic nitrogens is 2. The number of nitrogens with one attached hydrogen (secondary N) is 1. The molecule has 1 heterocycles. The Morgan fingerprint density at radius 1 is 1.35 bits per heavy atom. The Morgan fingerprint density at radius 3 is 2.74 bits per heavy atom. The van der Waals surface area contributed by atoms with E-state index in [2.05, 4.69) is 38.5 Å². The monoisotopic (exact) mass is 376 g/mol. The molecule has 1 aliphatic carbocycles. The molecule has 0 bridgehead atoms. The summed E-state index contributed by atoms with van der Waals surface area (Å²) in [7, 11) is 0. The van der Waals surface area contributed by atoms with Crippen LogP contribution in [0, 0.1) is 5.92 Å². The first-order valence-electron chi connectivity index (χ1n) is 7.93. The van der Waals surface area contributed by atoms with Gasteiger partial charge in [-0.3, -0.25) is 9.48 Å². The van der Waals surface area contributed by atoms with E-state index in [0.717, 1.165) is 42.4 Å². The molecular weight excluding hydrogens is 356 g/mol. The van der Waals surface area contributed by atoms with Gasteiger partial charge in [-0.25, -0.2) is 0 Å². The van der Waals surface area contributed by atoms with Gasteiger partial charge in [0.25, 0.3) is 0 Å². The van der Waals surface area contributed by atoms with Crippen molar-refractivity contribution in [3.05, 3.63) is 46.7 Å². The molecule has 0 aliphatic heterocycles. The second kappa shape index (κ2) is 7.27. The normalized spacial score (nSPS) is 20.6. The highest BCUT2D eigenvalue weighted by atomic mass is 79.9. The number of hydrogen-bond acceptors (Lipinski definition) is 3. The summed E-state index contributed by atoms with van der Waals surface area (Å²) in [6.07, 6.45) is 7.28. The lowest BCUT2D eigenvalue weighted by Gasteiger charge is -2.11. The van der Waals surface area contributed by atoms with Crippen molar-refractivity contribution in [2.75, 3.05) is 5.32 Å². The third-order valence-electron chi connectivity index (χ3n) is 4.30. The molecule has 3 rings (SSSR count). The number of carbonyl (C=O) groups is 1. The number of hydrogen-bond donors (Lipinski definition) is 2. The minimum atomic E-state index is 0.0583. The van der Waals surface area contributed by atoms with Crippen molar-refractivity contribution in [2.24, 2.45) is 11.7 Å². The van der Waals surface area contributed by atoms with Crippen LogP contribution < -0.4 is 11.1 Å². The van der Waals surface area contributed by atoms with Crippen LogP contribution in [0.1, 0.15) is 24.8 Å². The first-order valence-corrected chi connectivity index (χ1v) is 8.73. The molecule has 1 aliphatic rings. The summed E-state index contributed by atoms with van der Waals surface area (Å²) < 4.78 is 2.89. The molecule has 23 heavy (non-hydrogen) atoms. The van der Waals surface area contributed by atoms with Crippen LogP contribution in [0.2, 0.25) is 0 Å². The summed E-state index contributed by atoms with van der Waals surface area (Å²) in [5, 5.41) is 7.23. The number of nitrogens with zero attached hydrogens (tertiary/aromatic N) is 2. The van der Waals surface area contributed by atoms with E-state index in [9.17, 15) is 4.79 Å². The number of carbonyl (C=O) groups excluding carboxylic acids is 1. The van der Waals surface area contributed by atoms with Crippen LogP contribution in [0.4, 0.5) is 5.69 Å². The van der Waals surface area contributed by atoms with Crippen molar-refractivity contribution in [3.8, 4) is 0 Å². The van der Waals surface area contributed by atoms with E-state index in [1.54, 1.807) is 6.20 Å². The molecule has 6 heteroatoms. The average Bonchev–Trinajstić information content (AvgIpc) is 3.15. The van der Waals surface area contributed by atoms with E-state index in [0.29, 0.717) is 0 Å². The summed E-state index contributed by atoms with van der Waals surface area (Å²) in [5.41, 5.74) is 7.94. The van der Waals surface area contributed by atoms with Gasteiger partial charge >= 0.3 is 0 Å². The summed E-state index contributed by atoms with van der Waals surface area (Å²) >= 11 is 3.39. The first-order chi connectivity index (χ1) is 11.1. The molecule has 5 nitrogen and oxygen atoms in total. The smallest absolute Gasteiger partial charge is 0.227 e. The second-order valence-corrected chi connectivity index (χ2v) is 7.04. The molecule has 122 valence electrons. The van der Waals surface area contributed by atoms with Crippen molar-refractivity contribution >= 4 is 27.5 Å². The van der Waals surface area contributed by atoms with Gasteiger partial charge in [0.2, 0.25) is 5.91 Å². The predicted molar refractivity (Wildman–Crippen MR) is 94.0 cm³/mol. The molecule has 1 saturated carbocycles. The highest BCUT2D eigenvalue weighted by Gasteiger charge is 2.27. The van der Waals surface area contributed by atoms with Crippen molar-refractivity contribution in [2.45, 2.75) is 38.3 Å². The number of anilines is 1. The molecule has 3 N–H and O–H groups in total. The summed E-state index contributed by atoms with van der Waals surface area (Å²) in [6, 6.07) is 8.20. The zero-order chi connectivity index (χ0) is 16.2. The lowest BCUT2D eigenvalue weighted by atomic mass is 10.1.